The maximum atomic E-state index is 13.3. The minimum Gasteiger partial charge on any atom is -0.506 e. The number of benzene rings is 4. The number of sulfonamides is 1. The van der Waals surface area contributed by atoms with Crippen LogP contribution in [-0.4, -0.2) is 18.5 Å². The zero-order valence-corrected chi connectivity index (χ0v) is 20.3. The van der Waals surface area contributed by atoms with E-state index >= 15 is 0 Å². The normalized spacial score (nSPS) is 11.8. The van der Waals surface area contributed by atoms with Crippen molar-refractivity contribution in [1.29, 1.82) is 0 Å². The number of phenols is 1. The van der Waals surface area contributed by atoms with E-state index in [9.17, 15) is 13.5 Å². The molecule has 0 amide bonds. The molecule has 0 radical (unpaired) electrons. The van der Waals surface area contributed by atoms with E-state index in [4.69, 9.17) is 0 Å². The molecule has 5 aromatic rings. The highest BCUT2D eigenvalue weighted by molar-refractivity contribution is 8.01. The molecule has 0 saturated heterocycles. The van der Waals surface area contributed by atoms with E-state index in [0.717, 1.165) is 20.1 Å². The second kappa shape index (κ2) is 8.37. The maximum absolute atomic E-state index is 13.3. The Labute approximate surface area is 200 Å². The third-order valence-electron chi connectivity index (χ3n) is 5.32. The minimum absolute atomic E-state index is 0.101. The summed E-state index contributed by atoms with van der Waals surface area (Å²) in [6.45, 7) is 3.71. The quantitative estimate of drug-likeness (QED) is 0.266. The van der Waals surface area contributed by atoms with Gasteiger partial charge in [0.1, 0.15) is 5.75 Å². The lowest BCUT2D eigenvalue weighted by molar-refractivity contribution is 0.469. The van der Waals surface area contributed by atoms with Crippen LogP contribution in [0.1, 0.15) is 11.1 Å². The van der Waals surface area contributed by atoms with Crippen LogP contribution in [0.2, 0.25) is 0 Å². The lowest BCUT2D eigenvalue weighted by atomic mass is 10.1. The van der Waals surface area contributed by atoms with E-state index in [1.165, 1.54) is 23.1 Å². The molecule has 166 valence electrons. The van der Waals surface area contributed by atoms with Gasteiger partial charge in [-0.3, -0.25) is 4.72 Å². The van der Waals surface area contributed by atoms with Crippen molar-refractivity contribution in [2.75, 3.05) is 4.72 Å². The Balaban J connectivity index is 1.60. The van der Waals surface area contributed by atoms with Gasteiger partial charge in [-0.2, -0.15) is 0 Å². The minimum atomic E-state index is -3.83. The fourth-order valence-electron chi connectivity index (χ4n) is 3.79. The molecule has 0 spiro atoms. The van der Waals surface area contributed by atoms with E-state index in [1.807, 2.05) is 49.4 Å². The molecule has 1 aromatic heterocycles. The van der Waals surface area contributed by atoms with Crippen LogP contribution in [0.4, 0.5) is 5.69 Å². The molecule has 0 bridgehead atoms. The summed E-state index contributed by atoms with van der Waals surface area (Å²) in [5, 5.41) is 12.2. The smallest absolute Gasteiger partial charge is 0.262 e. The van der Waals surface area contributed by atoms with E-state index in [-0.39, 0.29) is 10.6 Å². The van der Waals surface area contributed by atoms with Gasteiger partial charge in [-0.05, 0) is 43.7 Å². The number of aromatic nitrogens is 1. The van der Waals surface area contributed by atoms with Gasteiger partial charge in [0.2, 0.25) is 0 Å². The van der Waals surface area contributed by atoms with Gasteiger partial charge >= 0.3 is 0 Å². The van der Waals surface area contributed by atoms with Crippen LogP contribution < -0.4 is 4.72 Å². The Hall–Kier alpha value is -3.07. The predicted octanol–water partition coefficient (Wildman–Crippen LogP) is 6.72. The zero-order valence-electron chi connectivity index (χ0n) is 17.9. The molecule has 33 heavy (non-hydrogen) atoms. The van der Waals surface area contributed by atoms with E-state index in [2.05, 4.69) is 9.71 Å². The Kier molecular flexibility index (Phi) is 5.52. The van der Waals surface area contributed by atoms with Crippen molar-refractivity contribution >= 4 is 59.8 Å². The lowest BCUT2D eigenvalue weighted by Gasteiger charge is -2.15. The Bertz CT molecular complexity index is 1590. The number of phenolic OH excluding ortho intramolecular Hbond substituents is 1. The molecule has 5 nitrogen and oxygen atoms in total. The zero-order chi connectivity index (χ0) is 23.2. The Morgan fingerprint density at radius 2 is 1.67 bits per heavy atom. The Morgan fingerprint density at radius 3 is 2.42 bits per heavy atom. The van der Waals surface area contributed by atoms with Crippen molar-refractivity contribution in [2.45, 2.75) is 28.0 Å². The first-order chi connectivity index (χ1) is 15.8. The number of nitrogens with zero attached hydrogens (tertiary/aromatic N) is 1. The van der Waals surface area contributed by atoms with Gasteiger partial charge in [-0.25, -0.2) is 13.4 Å². The van der Waals surface area contributed by atoms with Crippen LogP contribution in [0.3, 0.4) is 0 Å². The average molecular weight is 493 g/mol. The second-order valence-corrected chi connectivity index (χ2v) is 11.7. The number of thiazole rings is 1. The number of aryl methyl sites for hydroxylation is 2. The van der Waals surface area contributed by atoms with Gasteiger partial charge in [-0.1, -0.05) is 65.9 Å². The second-order valence-electron chi connectivity index (χ2n) is 7.74. The predicted molar refractivity (Wildman–Crippen MR) is 136 cm³/mol. The van der Waals surface area contributed by atoms with Crippen LogP contribution in [0.15, 0.2) is 86.9 Å². The topological polar surface area (TPSA) is 79.3 Å². The van der Waals surface area contributed by atoms with Gasteiger partial charge in [-0.15, -0.1) is 11.3 Å². The molecular formula is C25H20N2O3S3. The SMILES string of the molecule is Cc1ccc(S(=O)(=O)Nc2cc(Sc3nc4ccccc4s3)c(O)c3ccccc23)c(C)c1. The fourth-order valence-corrected chi connectivity index (χ4v) is 7.20. The molecule has 2 N–H and O–H groups in total. The molecule has 0 aliphatic heterocycles. The summed E-state index contributed by atoms with van der Waals surface area (Å²) in [7, 11) is -3.83. The third-order valence-corrected chi connectivity index (χ3v) is 8.97. The van der Waals surface area contributed by atoms with Gasteiger partial charge < -0.3 is 5.11 Å². The highest BCUT2D eigenvalue weighted by Gasteiger charge is 2.21. The molecule has 0 aliphatic carbocycles. The summed E-state index contributed by atoms with van der Waals surface area (Å²) < 4.78 is 31.1. The fraction of sp³-hybridized carbons (Fsp3) is 0.0800. The number of aromatic hydroxyl groups is 1. The Morgan fingerprint density at radius 1 is 0.939 bits per heavy atom. The van der Waals surface area contributed by atoms with Crippen molar-refractivity contribution in [3.8, 4) is 5.75 Å². The number of hydrogen-bond donors (Lipinski definition) is 2. The largest absolute Gasteiger partial charge is 0.506 e. The van der Waals surface area contributed by atoms with Gasteiger partial charge in [0.05, 0.1) is 25.7 Å². The van der Waals surface area contributed by atoms with Crippen molar-refractivity contribution in [1.82, 2.24) is 4.98 Å². The molecule has 8 heteroatoms. The molecule has 0 saturated carbocycles. The summed E-state index contributed by atoms with van der Waals surface area (Å²) in [4.78, 5) is 5.39. The number of fused-ring (bicyclic) bond motifs is 2. The molecule has 0 atom stereocenters. The number of para-hydroxylation sites is 1. The molecule has 1 heterocycles. The number of rotatable bonds is 5. The molecule has 0 fully saturated rings. The van der Waals surface area contributed by atoms with E-state index < -0.39 is 10.0 Å². The highest BCUT2D eigenvalue weighted by Crippen LogP contribution is 2.44. The first kappa shape index (κ1) is 21.8. The van der Waals surface area contributed by atoms with Crippen LogP contribution in [0, 0.1) is 13.8 Å². The van der Waals surface area contributed by atoms with Crippen LogP contribution in [0.5, 0.6) is 5.75 Å². The molecule has 4 aromatic carbocycles. The summed E-state index contributed by atoms with van der Waals surface area (Å²) in [5.41, 5.74) is 2.97. The third kappa shape index (κ3) is 4.17. The standard InChI is InChI=1S/C25H20N2O3S3/c1-15-11-12-23(16(2)13-15)33(29,30)27-20-14-22(24(28)18-8-4-3-7-17(18)20)32-25-26-19-9-5-6-10-21(19)31-25/h3-14,27-28H,1-2H3. The number of nitrogens with one attached hydrogen (secondary N) is 1. The maximum Gasteiger partial charge on any atom is 0.262 e. The first-order valence-corrected chi connectivity index (χ1v) is 13.3. The molecular weight excluding hydrogens is 472 g/mol. The first-order valence-electron chi connectivity index (χ1n) is 10.2. The van der Waals surface area contributed by atoms with Gasteiger partial charge in [0.15, 0.2) is 4.34 Å². The summed E-state index contributed by atoms with van der Waals surface area (Å²) >= 11 is 2.85. The molecule has 0 unspecified atom stereocenters. The molecule has 0 aliphatic rings. The summed E-state index contributed by atoms with van der Waals surface area (Å²) in [6.07, 6.45) is 0. The average Bonchev–Trinajstić information content (AvgIpc) is 3.19. The van der Waals surface area contributed by atoms with Crippen molar-refractivity contribution in [3.63, 3.8) is 0 Å². The van der Waals surface area contributed by atoms with Crippen LogP contribution >= 0.6 is 23.1 Å². The van der Waals surface area contributed by atoms with Crippen molar-refractivity contribution in [3.05, 3.63) is 83.9 Å². The van der Waals surface area contributed by atoms with Crippen LogP contribution in [0.25, 0.3) is 21.0 Å². The van der Waals surface area contributed by atoms with E-state index in [1.54, 1.807) is 37.3 Å². The monoisotopic (exact) mass is 492 g/mol. The van der Waals surface area contributed by atoms with E-state index in [0.29, 0.717) is 26.9 Å². The number of anilines is 1. The van der Waals surface area contributed by atoms with Crippen LogP contribution in [-0.2, 0) is 10.0 Å². The highest BCUT2D eigenvalue weighted by atomic mass is 32.2. The van der Waals surface area contributed by atoms with Gasteiger partial charge in [0.25, 0.3) is 10.0 Å². The summed E-state index contributed by atoms with van der Waals surface area (Å²) in [5.74, 6) is 0.101. The van der Waals surface area contributed by atoms with Crippen molar-refractivity contribution < 1.29 is 13.5 Å². The van der Waals surface area contributed by atoms with Crippen molar-refractivity contribution in [2.24, 2.45) is 0 Å². The number of hydrogen-bond acceptors (Lipinski definition) is 6. The lowest BCUT2D eigenvalue weighted by Crippen LogP contribution is -2.14. The van der Waals surface area contributed by atoms with Gasteiger partial charge in [0, 0.05) is 10.8 Å². The molecule has 5 rings (SSSR count). The summed E-state index contributed by atoms with van der Waals surface area (Å²) in [6, 6.07) is 22.0.